The number of thiazole rings is 1. The summed E-state index contributed by atoms with van der Waals surface area (Å²) in [5.41, 5.74) is 1.38. The number of hydrogen-bond acceptors (Lipinski definition) is 3. The van der Waals surface area contributed by atoms with Crippen LogP contribution in [0, 0.1) is 6.92 Å². The minimum Gasteiger partial charge on any atom is -0.357 e. The van der Waals surface area contributed by atoms with Crippen molar-refractivity contribution < 1.29 is 0 Å². The van der Waals surface area contributed by atoms with Crippen LogP contribution in [0.25, 0.3) is 0 Å². The number of benzene rings is 1. The van der Waals surface area contributed by atoms with E-state index < -0.39 is 0 Å². The van der Waals surface area contributed by atoms with Gasteiger partial charge in [0.2, 0.25) is 0 Å². The molecule has 0 amide bonds. The molecule has 0 saturated carbocycles. The minimum atomic E-state index is 0. The Morgan fingerprint density at radius 3 is 2.65 bits per heavy atom. The molecule has 0 atom stereocenters. The molecule has 126 valence electrons. The first kappa shape index (κ1) is 19.9. The van der Waals surface area contributed by atoms with Crippen molar-refractivity contribution in [3.63, 3.8) is 0 Å². The third kappa shape index (κ3) is 7.78. The van der Waals surface area contributed by atoms with E-state index in [4.69, 9.17) is 0 Å². The van der Waals surface area contributed by atoms with Crippen molar-refractivity contribution in [2.45, 2.75) is 33.2 Å². The molecule has 0 aliphatic rings. The summed E-state index contributed by atoms with van der Waals surface area (Å²) < 4.78 is 0. The number of guanidine groups is 1. The lowest BCUT2D eigenvalue weighted by atomic mass is 10.1. The number of nitrogens with one attached hydrogen (secondary N) is 2. The first-order valence-corrected chi connectivity index (χ1v) is 8.57. The molecule has 0 fully saturated rings. The Bertz CT molecular complexity index is 583. The van der Waals surface area contributed by atoms with Gasteiger partial charge in [0.15, 0.2) is 5.96 Å². The fourth-order valence-electron chi connectivity index (χ4n) is 2.12. The number of halogens is 1. The van der Waals surface area contributed by atoms with E-state index in [1.165, 1.54) is 10.4 Å². The van der Waals surface area contributed by atoms with E-state index in [-0.39, 0.29) is 24.0 Å². The van der Waals surface area contributed by atoms with Crippen LogP contribution < -0.4 is 10.6 Å². The number of hydrogen-bond donors (Lipinski definition) is 2. The summed E-state index contributed by atoms with van der Waals surface area (Å²) >= 11 is 1.70. The van der Waals surface area contributed by atoms with Gasteiger partial charge >= 0.3 is 0 Å². The zero-order valence-corrected chi connectivity index (χ0v) is 16.9. The van der Waals surface area contributed by atoms with Gasteiger partial charge in [-0.2, -0.15) is 0 Å². The summed E-state index contributed by atoms with van der Waals surface area (Å²) in [6, 6.07) is 10.6. The van der Waals surface area contributed by atoms with Gasteiger partial charge in [0.1, 0.15) is 0 Å². The van der Waals surface area contributed by atoms with Crippen LogP contribution in [-0.2, 0) is 13.0 Å². The molecule has 2 N–H and O–H groups in total. The number of aryl methyl sites for hydroxylation is 2. The van der Waals surface area contributed by atoms with Crippen LogP contribution in [0.15, 0.2) is 41.5 Å². The number of rotatable bonds is 7. The van der Waals surface area contributed by atoms with Gasteiger partial charge in [-0.25, -0.2) is 9.98 Å². The van der Waals surface area contributed by atoms with E-state index in [9.17, 15) is 0 Å². The predicted octanol–water partition coefficient (Wildman–Crippen LogP) is 3.76. The predicted molar refractivity (Wildman–Crippen MR) is 110 cm³/mol. The molecule has 1 aromatic heterocycles. The van der Waals surface area contributed by atoms with Crippen molar-refractivity contribution >= 4 is 41.3 Å². The molecule has 2 rings (SSSR count). The Morgan fingerprint density at radius 2 is 2.00 bits per heavy atom. The monoisotopic (exact) mass is 444 g/mol. The van der Waals surface area contributed by atoms with Crippen LogP contribution in [0.1, 0.15) is 28.8 Å². The Kier molecular flexibility index (Phi) is 9.86. The van der Waals surface area contributed by atoms with Gasteiger partial charge in [-0.05, 0) is 32.3 Å². The molecule has 0 bridgehead atoms. The van der Waals surface area contributed by atoms with E-state index in [0.29, 0.717) is 6.54 Å². The molecule has 1 heterocycles. The SMILES string of the molecule is CCNC(=NCc1cnc(C)s1)NCCCc1ccccc1.I. The third-order valence-electron chi connectivity index (χ3n) is 3.18. The van der Waals surface area contributed by atoms with Gasteiger partial charge in [-0.1, -0.05) is 30.3 Å². The molecule has 0 unspecified atom stereocenters. The lowest BCUT2D eigenvalue weighted by molar-refractivity contribution is 0.744. The largest absolute Gasteiger partial charge is 0.357 e. The lowest BCUT2D eigenvalue weighted by Crippen LogP contribution is -2.37. The highest BCUT2D eigenvalue weighted by Gasteiger charge is 2.00. The Morgan fingerprint density at radius 1 is 1.22 bits per heavy atom. The van der Waals surface area contributed by atoms with Crippen molar-refractivity contribution in [1.29, 1.82) is 0 Å². The van der Waals surface area contributed by atoms with Crippen LogP contribution in [0.3, 0.4) is 0 Å². The van der Waals surface area contributed by atoms with E-state index in [1.807, 2.05) is 13.1 Å². The maximum absolute atomic E-state index is 4.61. The molecule has 1 aromatic carbocycles. The van der Waals surface area contributed by atoms with Crippen molar-refractivity contribution in [3.05, 3.63) is 52.0 Å². The van der Waals surface area contributed by atoms with Gasteiger partial charge in [0.25, 0.3) is 0 Å². The van der Waals surface area contributed by atoms with E-state index in [2.05, 4.69) is 57.9 Å². The molecule has 4 nitrogen and oxygen atoms in total. The molecule has 2 aromatic rings. The molecular weight excluding hydrogens is 419 g/mol. The summed E-state index contributed by atoms with van der Waals surface area (Å²) in [6.07, 6.45) is 4.08. The maximum Gasteiger partial charge on any atom is 0.191 e. The molecule has 0 spiro atoms. The van der Waals surface area contributed by atoms with Gasteiger partial charge in [-0.15, -0.1) is 35.3 Å². The van der Waals surface area contributed by atoms with Crippen molar-refractivity contribution in [3.8, 4) is 0 Å². The van der Waals surface area contributed by atoms with Crippen molar-refractivity contribution in [2.75, 3.05) is 13.1 Å². The fourth-order valence-corrected chi connectivity index (χ4v) is 2.84. The first-order valence-electron chi connectivity index (χ1n) is 7.75. The lowest BCUT2D eigenvalue weighted by Gasteiger charge is -2.11. The maximum atomic E-state index is 4.61. The topological polar surface area (TPSA) is 49.3 Å². The minimum absolute atomic E-state index is 0. The summed E-state index contributed by atoms with van der Waals surface area (Å²) in [7, 11) is 0. The number of nitrogens with zero attached hydrogens (tertiary/aromatic N) is 2. The normalized spacial score (nSPS) is 11.0. The quantitative estimate of drug-likeness (QED) is 0.296. The number of aliphatic imine (C=N–C) groups is 1. The Hall–Kier alpha value is -1.15. The molecule has 0 aliphatic carbocycles. The summed E-state index contributed by atoms with van der Waals surface area (Å²) in [5.74, 6) is 0.876. The highest BCUT2D eigenvalue weighted by molar-refractivity contribution is 14.0. The second-order valence-electron chi connectivity index (χ2n) is 5.06. The second-order valence-corrected chi connectivity index (χ2v) is 6.38. The summed E-state index contributed by atoms with van der Waals surface area (Å²) in [5, 5.41) is 7.76. The average Bonchev–Trinajstić information content (AvgIpc) is 2.95. The van der Waals surface area contributed by atoms with Crippen LogP contribution in [0.5, 0.6) is 0 Å². The first-order chi connectivity index (χ1) is 10.8. The fraction of sp³-hybridized carbons (Fsp3) is 0.412. The molecule has 6 heteroatoms. The molecule has 0 saturated heterocycles. The van der Waals surface area contributed by atoms with Crippen LogP contribution in [0.2, 0.25) is 0 Å². The Balaban J connectivity index is 0.00000264. The van der Waals surface area contributed by atoms with Crippen molar-refractivity contribution in [2.24, 2.45) is 4.99 Å². The third-order valence-corrected chi connectivity index (χ3v) is 4.08. The van der Waals surface area contributed by atoms with Gasteiger partial charge in [0, 0.05) is 24.2 Å². The van der Waals surface area contributed by atoms with Gasteiger partial charge in [-0.3, -0.25) is 0 Å². The van der Waals surface area contributed by atoms with Gasteiger partial charge in [0.05, 0.1) is 11.6 Å². The molecular formula is C17H25IN4S. The van der Waals surface area contributed by atoms with Crippen LogP contribution in [-0.4, -0.2) is 24.0 Å². The van der Waals surface area contributed by atoms with E-state index >= 15 is 0 Å². The smallest absolute Gasteiger partial charge is 0.191 e. The van der Waals surface area contributed by atoms with Crippen molar-refractivity contribution in [1.82, 2.24) is 15.6 Å². The number of aromatic nitrogens is 1. The standard InChI is InChI=1S/C17H24N4S.HI/c1-3-18-17(21-13-16-12-20-14(2)22-16)19-11-7-10-15-8-5-4-6-9-15;/h4-6,8-9,12H,3,7,10-11,13H2,1-2H3,(H2,18,19,21);1H. The van der Waals surface area contributed by atoms with Crippen LogP contribution >= 0.6 is 35.3 Å². The van der Waals surface area contributed by atoms with Gasteiger partial charge < -0.3 is 10.6 Å². The Labute approximate surface area is 159 Å². The molecule has 0 radical (unpaired) electrons. The zero-order valence-electron chi connectivity index (χ0n) is 13.7. The highest BCUT2D eigenvalue weighted by atomic mass is 127. The summed E-state index contributed by atoms with van der Waals surface area (Å²) in [4.78, 5) is 10.1. The second kappa shape index (κ2) is 11.4. The zero-order chi connectivity index (χ0) is 15.6. The highest BCUT2D eigenvalue weighted by Crippen LogP contribution is 2.12. The summed E-state index contributed by atoms with van der Waals surface area (Å²) in [6.45, 7) is 6.57. The van der Waals surface area contributed by atoms with Crippen LogP contribution in [0.4, 0.5) is 0 Å². The van der Waals surface area contributed by atoms with E-state index in [0.717, 1.165) is 36.9 Å². The van der Waals surface area contributed by atoms with E-state index in [1.54, 1.807) is 11.3 Å². The molecule has 0 aliphatic heterocycles. The average molecular weight is 444 g/mol. The molecule has 23 heavy (non-hydrogen) atoms.